The van der Waals surface area contributed by atoms with E-state index in [0.717, 1.165) is 22.5 Å². The molecule has 0 unspecified atom stereocenters. The van der Waals surface area contributed by atoms with E-state index in [1.807, 2.05) is 79.0 Å². The standard InChI is InChI=1S/C20H16ClN3S/c1-24(2)18-9-3-14(4-10-18)11-16(12-22)20-23-19(13-25-20)15-5-7-17(21)8-6-15/h3-11,13H,1-2H3/b16-11+. The van der Waals surface area contributed by atoms with Crippen LogP contribution in [0.5, 0.6) is 0 Å². The molecule has 0 saturated heterocycles. The second-order valence-electron chi connectivity index (χ2n) is 5.70. The Hall–Kier alpha value is -2.61. The summed E-state index contributed by atoms with van der Waals surface area (Å²) in [6.07, 6.45) is 1.86. The van der Waals surface area contributed by atoms with Gasteiger partial charge in [-0.15, -0.1) is 11.3 Å². The van der Waals surface area contributed by atoms with Gasteiger partial charge in [0.25, 0.3) is 0 Å². The number of allylic oxidation sites excluding steroid dienone is 1. The molecule has 0 fully saturated rings. The Balaban J connectivity index is 1.88. The molecule has 0 radical (unpaired) electrons. The highest BCUT2D eigenvalue weighted by atomic mass is 35.5. The lowest BCUT2D eigenvalue weighted by atomic mass is 10.1. The van der Waals surface area contributed by atoms with Crippen molar-refractivity contribution in [1.29, 1.82) is 5.26 Å². The van der Waals surface area contributed by atoms with Crippen molar-refractivity contribution < 1.29 is 0 Å². The molecule has 2 aromatic carbocycles. The van der Waals surface area contributed by atoms with Crippen LogP contribution in [0.4, 0.5) is 5.69 Å². The zero-order valence-corrected chi connectivity index (χ0v) is 15.5. The number of nitriles is 1. The smallest absolute Gasteiger partial charge is 0.134 e. The SMILES string of the molecule is CN(C)c1ccc(/C=C(\C#N)c2nc(-c3ccc(Cl)cc3)cs2)cc1. The van der Waals surface area contributed by atoms with E-state index in [-0.39, 0.29) is 0 Å². The molecular weight excluding hydrogens is 350 g/mol. The fraction of sp³-hybridized carbons (Fsp3) is 0.100. The molecule has 0 N–H and O–H groups in total. The first-order chi connectivity index (χ1) is 12.1. The lowest BCUT2D eigenvalue weighted by Crippen LogP contribution is -2.07. The second kappa shape index (κ2) is 7.52. The van der Waals surface area contributed by atoms with E-state index in [0.29, 0.717) is 15.6 Å². The number of thiazole rings is 1. The number of nitrogens with zero attached hydrogens (tertiary/aromatic N) is 3. The maximum atomic E-state index is 9.52. The second-order valence-corrected chi connectivity index (χ2v) is 7.00. The average Bonchev–Trinajstić information content (AvgIpc) is 3.10. The number of aromatic nitrogens is 1. The minimum atomic E-state index is 0.558. The maximum Gasteiger partial charge on any atom is 0.134 e. The third-order valence-corrected chi connectivity index (χ3v) is 4.84. The third-order valence-electron chi connectivity index (χ3n) is 3.72. The number of hydrogen-bond acceptors (Lipinski definition) is 4. The van der Waals surface area contributed by atoms with Gasteiger partial charge in [0.05, 0.1) is 11.3 Å². The quantitative estimate of drug-likeness (QED) is 0.565. The molecule has 1 aromatic heterocycles. The van der Waals surface area contributed by atoms with E-state index in [1.165, 1.54) is 11.3 Å². The van der Waals surface area contributed by atoms with Gasteiger partial charge < -0.3 is 4.90 Å². The summed E-state index contributed by atoms with van der Waals surface area (Å²) in [5.74, 6) is 0. The first-order valence-electron chi connectivity index (χ1n) is 7.68. The lowest BCUT2D eigenvalue weighted by Gasteiger charge is -2.11. The van der Waals surface area contributed by atoms with Crippen LogP contribution in [0.15, 0.2) is 53.9 Å². The minimum absolute atomic E-state index is 0.558. The molecule has 25 heavy (non-hydrogen) atoms. The monoisotopic (exact) mass is 365 g/mol. The fourth-order valence-electron chi connectivity index (χ4n) is 2.33. The van der Waals surface area contributed by atoms with E-state index in [9.17, 15) is 5.26 Å². The average molecular weight is 366 g/mol. The minimum Gasteiger partial charge on any atom is -0.378 e. The summed E-state index contributed by atoms with van der Waals surface area (Å²) in [5, 5.41) is 12.9. The Morgan fingerprint density at radius 1 is 1.12 bits per heavy atom. The Morgan fingerprint density at radius 2 is 1.80 bits per heavy atom. The molecule has 1 heterocycles. The van der Waals surface area contributed by atoms with Crippen LogP contribution in [-0.2, 0) is 0 Å². The highest BCUT2D eigenvalue weighted by Crippen LogP contribution is 2.28. The summed E-state index contributed by atoms with van der Waals surface area (Å²) >= 11 is 7.39. The van der Waals surface area contributed by atoms with Crippen LogP contribution in [0.25, 0.3) is 22.9 Å². The van der Waals surface area contributed by atoms with Crippen molar-refractivity contribution in [2.24, 2.45) is 0 Å². The number of halogens is 1. The molecule has 3 nitrogen and oxygen atoms in total. The molecule has 0 aliphatic heterocycles. The van der Waals surface area contributed by atoms with E-state index in [2.05, 4.69) is 11.1 Å². The van der Waals surface area contributed by atoms with Gasteiger partial charge in [-0.2, -0.15) is 5.26 Å². The fourth-order valence-corrected chi connectivity index (χ4v) is 3.25. The van der Waals surface area contributed by atoms with E-state index < -0.39 is 0 Å². The van der Waals surface area contributed by atoms with Crippen molar-refractivity contribution in [3.8, 4) is 17.3 Å². The van der Waals surface area contributed by atoms with Gasteiger partial charge in [-0.25, -0.2) is 4.98 Å². The van der Waals surface area contributed by atoms with Crippen LogP contribution < -0.4 is 4.90 Å². The topological polar surface area (TPSA) is 39.9 Å². The number of hydrogen-bond donors (Lipinski definition) is 0. The summed E-state index contributed by atoms with van der Waals surface area (Å²) < 4.78 is 0. The van der Waals surface area contributed by atoms with Gasteiger partial charge in [0, 0.05) is 35.7 Å². The number of anilines is 1. The van der Waals surface area contributed by atoms with Crippen molar-refractivity contribution in [2.75, 3.05) is 19.0 Å². The summed E-state index contributed by atoms with van der Waals surface area (Å²) in [4.78, 5) is 6.64. The van der Waals surface area contributed by atoms with Crippen LogP contribution >= 0.6 is 22.9 Å². The molecule has 3 aromatic rings. The van der Waals surface area contributed by atoms with Gasteiger partial charge in [-0.05, 0) is 35.9 Å². The Bertz CT molecular complexity index is 932. The Morgan fingerprint density at radius 3 is 2.40 bits per heavy atom. The zero-order valence-electron chi connectivity index (χ0n) is 13.9. The predicted octanol–water partition coefficient (Wildman–Crippen LogP) is 5.59. The maximum absolute atomic E-state index is 9.52. The lowest BCUT2D eigenvalue weighted by molar-refractivity contribution is 1.13. The van der Waals surface area contributed by atoms with Crippen molar-refractivity contribution >= 4 is 40.3 Å². The summed E-state index contributed by atoms with van der Waals surface area (Å²) in [7, 11) is 4.00. The summed E-state index contributed by atoms with van der Waals surface area (Å²) in [6.45, 7) is 0. The number of benzene rings is 2. The van der Waals surface area contributed by atoms with Crippen LogP contribution in [0, 0.1) is 11.3 Å². The Kier molecular flexibility index (Phi) is 5.18. The molecular formula is C20H16ClN3S. The van der Waals surface area contributed by atoms with Crippen molar-refractivity contribution in [2.45, 2.75) is 0 Å². The van der Waals surface area contributed by atoms with Gasteiger partial charge in [-0.1, -0.05) is 35.9 Å². The molecule has 0 saturated carbocycles. The van der Waals surface area contributed by atoms with E-state index in [4.69, 9.17) is 11.6 Å². The highest BCUT2D eigenvalue weighted by Gasteiger charge is 2.09. The summed E-state index contributed by atoms with van der Waals surface area (Å²) in [5.41, 5.74) is 4.49. The predicted molar refractivity (Wildman–Crippen MR) is 107 cm³/mol. The molecule has 3 rings (SSSR count). The van der Waals surface area contributed by atoms with E-state index >= 15 is 0 Å². The van der Waals surface area contributed by atoms with Gasteiger partial charge in [0.15, 0.2) is 0 Å². The van der Waals surface area contributed by atoms with Crippen LogP contribution in [0.2, 0.25) is 5.02 Å². The van der Waals surface area contributed by atoms with Crippen LogP contribution in [-0.4, -0.2) is 19.1 Å². The van der Waals surface area contributed by atoms with E-state index in [1.54, 1.807) is 0 Å². The molecule has 0 aliphatic rings. The molecule has 0 bridgehead atoms. The van der Waals surface area contributed by atoms with Gasteiger partial charge >= 0.3 is 0 Å². The Labute approximate surface area is 156 Å². The van der Waals surface area contributed by atoms with Gasteiger partial charge in [0.1, 0.15) is 11.1 Å². The number of rotatable bonds is 4. The van der Waals surface area contributed by atoms with Gasteiger partial charge in [-0.3, -0.25) is 0 Å². The van der Waals surface area contributed by atoms with Crippen LogP contribution in [0.3, 0.4) is 0 Å². The zero-order chi connectivity index (χ0) is 17.8. The third kappa shape index (κ3) is 4.08. The molecule has 0 atom stereocenters. The first kappa shape index (κ1) is 17.2. The molecule has 124 valence electrons. The first-order valence-corrected chi connectivity index (χ1v) is 8.93. The molecule has 5 heteroatoms. The molecule has 0 amide bonds. The van der Waals surface area contributed by atoms with Crippen molar-refractivity contribution in [1.82, 2.24) is 4.98 Å². The van der Waals surface area contributed by atoms with Crippen molar-refractivity contribution in [3.05, 3.63) is 69.5 Å². The van der Waals surface area contributed by atoms with Gasteiger partial charge in [0.2, 0.25) is 0 Å². The highest BCUT2D eigenvalue weighted by molar-refractivity contribution is 7.11. The molecule has 0 spiro atoms. The van der Waals surface area contributed by atoms with Crippen molar-refractivity contribution in [3.63, 3.8) is 0 Å². The normalized spacial score (nSPS) is 11.2. The molecule has 0 aliphatic carbocycles. The van der Waals surface area contributed by atoms with Crippen LogP contribution in [0.1, 0.15) is 10.6 Å². The largest absolute Gasteiger partial charge is 0.378 e. The summed E-state index contributed by atoms with van der Waals surface area (Å²) in [6, 6.07) is 17.8.